The Morgan fingerprint density at radius 3 is 2.86 bits per heavy atom. The Labute approximate surface area is 93.3 Å². The molecule has 8 heteroatoms. The molecule has 2 rings (SSSR count). The third kappa shape index (κ3) is 2.31. The first-order chi connectivity index (χ1) is 6.55. The van der Waals surface area contributed by atoms with Crippen LogP contribution in [0, 0.1) is 0 Å². The summed E-state index contributed by atoms with van der Waals surface area (Å²) in [5, 5.41) is 12.4. The minimum atomic E-state index is -3.01. The van der Waals surface area contributed by atoms with Crippen molar-refractivity contribution in [1.82, 2.24) is 10.2 Å². The molecule has 0 aliphatic carbocycles. The molecule has 1 aromatic heterocycles. The van der Waals surface area contributed by atoms with E-state index in [1.807, 2.05) is 0 Å². The average Bonchev–Trinajstić information content (AvgIpc) is 2.59. The molecule has 1 unspecified atom stereocenters. The summed E-state index contributed by atoms with van der Waals surface area (Å²) in [4.78, 5) is 0. The number of rotatable bonds is 2. The normalized spacial score (nSPS) is 23.9. The van der Waals surface area contributed by atoms with Crippen LogP contribution >= 0.6 is 27.3 Å². The van der Waals surface area contributed by atoms with Gasteiger partial charge in [0.1, 0.15) is 0 Å². The Morgan fingerprint density at radius 1 is 1.57 bits per heavy atom. The van der Waals surface area contributed by atoms with Crippen molar-refractivity contribution < 1.29 is 8.42 Å². The molecule has 76 valence electrons. The quantitative estimate of drug-likeness (QED) is 0.882. The zero-order chi connectivity index (χ0) is 10.2. The summed E-state index contributed by atoms with van der Waals surface area (Å²) in [6.45, 7) is 0. The van der Waals surface area contributed by atoms with Gasteiger partial charge in [-0.15, -0.1) is 10.2 Å². The van der Waals surface area contributed by atoms with Crippen LogP contribution in [0.4, 0.5) is 5.13 Å². The summed E-state index contributed by atoms with van der Waals surface area (Å²) in [6, 6.07) is -0.195. The third-order valence-corrected chi connectivity index (χ3v) is 4.32. The number of nitrogens with one attached hydrogen (secondary N) is 1. The maximum absolute atomic E-state index is 11.1. The Bertz CT molecular complexity index is 467. The lowest BCUT2D eigenvalue weighted by molar-refractivity contribution is 0.605. The molecule has 5 nitrogen and oxygen atoms in total. The van der Waals surface area contributed by atoms with E-state index in [-0.39, 0.29) is 11.8 Å². The molecule has 1 atom stereocenters. The van der Waals surface area contributed by atoms with Crippen LogP contribution in [0.25, 0.3) is 0 Å². The van der Waals surface area contributed by atoms with E-state index >= 15 is 0 Å². The minimum Gasteiger partial charge on any atom is -0.353 e. The van der Waals surface area contributed by atoms with Gasteiger partial charge in [0.05, 0.1) is 11.8 Å². The van der Waals surface area contributed by atoms with Gasteiger partial charge in [-0.1, -0.05) is 11.3 Å². The zero-order valence-corrected chi connectivity index (χ0v) is 10.1. The molecule has 0 amide bonds. The fourth-order valence-electron chi connectivity index (χ4n) is 1.09. The first kappa shape index (κ1) is 10.1. The standard InChI is InChI=1S/C6H6BrN3O2S2/c7-5-9-10-6(13-5)8-4-1-2-14(11,12)3-4/h1-2,4H,3H2,(H,8,10). The molecule has 0 bridgehead atoms. The van der Waals surface area contributed by atoms with Crippen molar-refractivity contribution in [2.75, 3.05) is 11.1 Å². The van der Waals surface area contributed by atoms with E-state index in [0.29, 0.717) is 9.05 Å². The number of halogens is 1. The van der Waals surface area contributed by atoms with Gasteiger partial charge in [-0.2, -0.15) is 0 Å². The van der Waals surface area contributed by atoms with E-state index < -0.39 is 9.84 Å². The van der Waals surface area contributed by atoms with Gasteiger partial charge in [0, 0.05) is 5.41 Å². The summed E-state index contributed by atoms with van der Waals surface area (Å²) in [5.74, 6) is 0.0875. The van der Waals surface area contributed by atoms with E-state index in [1.165, 1.54) is 16.7 Å². The van der Waals surface area contributed by atoms with E-state index in [9.17, 15) is 8.42 Å². The number of sulfone groups is 1. The van der Waals surface area contributed by atoms with E-state index in [0.717, 1.165) is 0 Å². The van der Waals surface area contributed by atoms with Gasteiger partial charge in [0.15, 0.2) is 13.8 Å². The summed E-state index contributed by atoms with van der Waals surface area (Å²) in [6.07, 6.45) is 1.62. The molecule has 2 heterocycles. The van der Waals surface area contributed by atoms with Crippen molar-refractivity contribution in [2.24, 2.45) is 0 Å². The second kappa shape index (κ2) is 3.59. The maximum Gasteiger partial charge on any atom is 0.206 e. The van der Waals surface area contributed by atoms with Crippen LogP contribution in [0.1, 0.15) is 0 Å². The monoisotopic (exact) mass is 295 g/mol. The van der Waals surface area contributed by atoms with Crippen molar-refractivity contribution in [1.29, 1.82) is 0 Å². The van der Waals surface area contributed by atoms with Crippen LogP contribution < -0.4 is 5.32 Å². The third-order valence-electron chi connectivity index (χ3n) is 1.64. The van der Waals surface area contributed by atoms with Gasteiger partial charge in [-0.3, -0.25) is 0 Å². The molecule has 1 aromatic rings. The van der Waals surface area contributed by atoms with Crippen molar-refractivity contribution in [3.63, 3.8) is 0 Å². The molecule has 0 aromatic carbocycles. The van der Waals surface area contributed by atoms with Crippen molar-refractivity contribution >= 4 is 42.2 Å². The van der Waals surface area contributed by atoms with Gasteiger partial charge < -0.3 is 5.32 Å². The topological polar surface area (TPSA) is 72.0 Å². The van der Waals surface area contributed by atoms with Crippen molar-refractivity contribution in [3.05, 3.63) is 15.4 Å². The molecule has 0 fully saturated rings. The van der Waals surface area contributed by atoms with Crippen LogP contribution in [0.2, 0.25) is 0 Å². The second-order valence-corrected chi connectivity index (χ2v) is 6.95. The molecule has 1 aliphatic heterocycles. The summed E-state index contributed by atoms with van der Waals surface area (Å²) >= 11 is 4.50. The fraction of sp³-hybridized carbons (Fsp3) is 0.333. The molecule has 1 N–H and O–H groups in total. The number of anilines is 1. The summed E-state index contributed by atoms with van der Waals surface area (Å²) < 4.78 is 22.8. The highest BCUT2D eigenvalue weighted by molar-refractivity contribution is 9.11. The average molecular weight is 296 g/mol. The predicted molar refractivity (Wildman–Crippen MR) is 57.9 cm³/mol. The number of hydrogen-bond acceptors (Lipinski definition) is 6. The van der Waals surface area contributed by atoms with E-state index in [1.54, 1.807) is 6.08 Å². The van der Waals surface area contributed by atoms with Gasteiger partial charge in [-0.25, -0.2) is 8.42 Å². The van der Waals surface area contributed by atoms with Gasteiger partial charge in [0.25, 0.3) is 0 Å². The summed E-state index contributed by atoms with van der Waals surface area (Å²) in [5.41, 5.74) is 0. The largest absolute Gasteiger partial charge is 0.353 e. The molecular weight excluding hydrogens is 290 g/mol. The molecule has 0 saturated heterocycles. The molecular formula is C6H6BrN3O2S2. The number of hydrogen-bond donors (Lipinski definition) is 1. The predicted octanol–water partition coefficient (Wildman–Crippen LogP) is 1.02. The number of nitrogens with zero attached hydrogens (tertiary/aromatic N) is 2. The lowest BCUT2D eigenvalue weighted by atomic mass is 10.3. The van der Waals surface area contributed by atoms with Crippen LogP contribution in [0.5, 0.6) is 0 Å². The maximum atomic E-state index is 11.1. The van der Waals surface area contributed by atoms with Gasteiger partial charge in [0.2, 0.25) is 5.13 Å². The van der Waals surface area contributed by atoms with Crippen LogP contribution in [0.3, 0.4) is 0 Å². The highest BCUT2D eigenvalue weighted by Crippen LogP contribution is 2.22. The molecule has 0 radical (unpaired) electrons. The van der Waals surface area contributed by atoms with Crippen molar-refractivity contribution in [3.8, 4) is 0 Å². The zero-order valence-electron chi connectivity index (χ0n) is 6.84. The smallest absolute Gasteiger partial charge is 0.206 e. The molecule has 14 heavy (non-hydrogen) atoms. The summed E-state index contributed by atoms with van der Waals surface area (Å²) in [7, 11) is -3.01. The molecule has 1 aliphatic rings. The first-order valence-corrected chi connectivity index (χ1v) is 7.04. The number of aromatic nitrogens is 2. The van der Waals surface area contributed by atoms with E-state index in [2.05, 4.69) is 31.4 Å². The Kier molecular flexibility index (Phi) is 2.58. The van der Waals surface area contributed by atoms with Gasteiger partial charge >= 0.3 is 0 Å². The lowest BCUT2D eigenvalue weighted by Gasteiger charge is -2.06. The van der Waals surface area contributed by atoms with Crippen LogP contribution in [-0.2, 0) is 9.84 Å². The van der Waals surface area contributed by atoms with Gasteiger partial charge in [-0.05, 0) is 22.0 Å². The fourth-order valence-corrected chi connectivity index (χ4v) is 3.40. The molecule has 0 spiro atoms. The second-order valence-electron chi connectivity index (χ2n) is 2.77. The Balaban J connectivity index is 2.05. The van der Waals surface area contributed by atoms with E-state index in [4.69, 9.17) is 0 Å². The Morgan fingerprint density at radius 2 is 2.36 bits per heavy atom. The molecule has 0 saturated carbocycles. The highest BCUT2D eigenvalue weighted by Gasteiger charge is 2.22. The SMILES string of the molecule is O=S1(=O)C=CC(Nc2nnc(Br)s2)C1. The van der Waals surface area contributed by atoms with Crippen LogP contribution in [-0.4, -0.2) is 30.4 Å². The first-order valence-electron chi connectivity index (χ1n) is 3.72. The lowest BCUT2D eigenvalue weighted by Crippen LogP contribution is -2.20. The van der Waals surface area contributed by atoms with Crippen molar-refractivity contribution in [2.45, 2.75) is 6.04 Å². The van der Waals surface area contributed by atoms with Crippen LogP contribution in [0.15, 0.2) is 15.4 Å². The minimum absolute atomic E-state index is 0.0875. The Hall–Kier alpha value is -0.470. The highest BCUT2D eigenvalue weighted by atomic mass is 79.9.